The molecule has 1 atom stereocenters. The Morgan fingerprint density at radius 1 is 1.47 bits per heavy atom. The normalized spacial score (nSPS) is 19.8. The third-order valence-electron chi connectivity index (χ3n) is 3.13. The predicted octanol–water partition coefficient (Wildman–Crippen LogP) is 2.01. The van der Waals surface area contributed by atoms with Gasteiger partial charge in [-0.05, 0) is 44.0 Å². The van der Waals surface area contributed by atoms with E-state index in [0.29, 0.717) is 17.1 Å². The van der Waals surface area contributed by atoms with E-state index < -0.39 is 15.8 Å². The molecule has 0 aliphatic carbocycles. The third kappa shape index (κ3) is 3.98. The second-order valence-electron chi connectivity index (χ2n) is 4.55. The van der Waals surface area contributed by atoms with Crippen LogP contribution in [-0.4, -0.2) is 27.5 Å². The molecule has 4 nitrogen and oxygen atoms in total. The molecule has 1 heterocycles. The highest BCUT2D eigenvalue weighted by atomic mass is 79.9. The van der Waals surface area contributed by atoms with Crippen LogP contribution in [0.3, 0.4) is 0 Å². The maximum absolute atomic E-state index is 13.6. The van der Waals surface area contributed by atoms with Crippen molar-refractivity contribution in [1.29, 1.82) is 0 Å². The Bertz CT molecular complexity index is 545. The van der Waals surface area contributed by atoms with Crippen molar-refractivity contribution in [3.05, 3.63) is 28.5 Å². The van der Waals surface area contributed by atoms with Gasteiger partial charge in [0.05, 0.1) is 0 Å². The van der Waals surface area contributed by atoms with Crippen LogP contribution in [0.25, 0.3) is 0 Å². The Hall–Kier alpha value is -0.500. The Morgan fingerprint density at radius 2 is 2.26 bits per heavy atom. The van der Waals surface area contributed by atoms with Gasteiger partial charge in [0.15, 0.2) is 0 Å². The highest BCUT2D eigenvalue weighted by Gasteiger charge is 2.20. The summed E-state index contributed by atoms with van der Waals surface area (Å²) in [7, 11) is -3.77. The highest BCUT2D eigenvalue weighted by Crippen LogP contribution is 2.19. The summed E-state index contributed by atoms with van der Waals surface area (Å²) in [5.74, 6) is -0.749. The molecule has 1 aromatic carbocycles. The molecule has 1 aromatic rings. The van der Waals surface area contributed by atoms with Crippen LogP contribution >= 0.6 is 15.9 Å². The zero-order chi connectivity index (χ0) is 13.9. The number of sulfonamides is 1. The van der Waals surface area contributed by atoms with Crippen LogP contribution in [0.4, 0.5) is 4.39 Å². The number of hydrogen-bond donors (Lipinski definition) is 2. The number of rotatable bonds is 5. The molecule has 0 amide bonds. The smallest absolute Gasteiger partial charge is 0.243 e. The first kappa shape index (κ1) is 14.9. The van der Waals surface area contributed by atoms with Crippen molar-refractivity contribution < 1.29 is 12.8 Å². The van der Waals surface area contributed by atoms with Gasteiger partial charge in [-0.1, -0.05) is 15.9 Å². The molecule has 2 N–H and O–H groups in total. The fraction of sp³-hybridized carbons (Fsp3) is 0.500. The van der Waals surface area contributed by atoms with Gasteiger partial charge in [0.25, 0.3) is 0 Å². The van der Waals surface area contributed by atoms with Gasteiger partial charge in [0, 0.05) is 17.1 Å². The fourth-order valence-electron chi connectivity index (χ4n) is 2.14. The molecule has 106 valence electrons. The maximum Gasteiger partial charge on any atom is 0.243 e. The van der Waals surface area contributed by atoms with Gasteiger partial charge in [-0.15, -0.1) is 0 Å². The van der Waals surface area contributed by atoms with Crippen LogP contribution in [0.15, 0.2) is 27.6 Å². The van der Waals surface area contributed by atoms with Crippen molar-refractivity contribution in [1.82, 2.24) is 10.0 Å². The van der Waals surface area contributed by atoms with Crippen LogP contribution in [0.2, 0.25) is 0 Å². The molecule has 7 heteroatoms. The fourth-order valence-corrected chi connectivity index (χ4v) is 3.58. The molecular weight excluding hydrogens is 335 g/mol. The Kier molecular flexibility index (Phi) is 4.94. The third-order valence-corrected chi connectivity index (χ3v) is 5.12. The molecule has 1 unspecified atom stereocenters. The quantitative estimate of drug-likeness (QED) is 0.853. The molecule has 1 aliphatic heterocycles. The number of hydrogen-bond acceptors (Lipinski definition) is 3. The first-order valence-corrected chi connectivity index (χ1v) is 8.45. The van der Waals surface area contributed by atoms with E-state index in [4.69, 9.17) is 0 Å². The lowest BCUT2D eigenvalue weighted by Gasteiger charge is -2.11. The molecule has 0 saturated carbocycles. The maximum atomic E-state index is 13.6. The summed E-state index contributed by atoms with van der Waals surface area (Å²) in [6.07, 6.45) is 2.91. The lowest BCUT2D eigenvalue weighted by Crippen LogP contribution is -2.31. The largest absolute Gasteiger partial charge is 0.314 e. The first-order valence-electron chi connectivity index (χ1n) is 6.17. The summed E-state index contributed by atoms with van der Waals surface area (Å²) in [5, 5.41) is 3.29. The topological polar surface area (TPSA) is 58.2 Å². The molecule has 0 bridgehead atoms. The lowest BCUT2D eigenvalue weighted by atomic mass is 10.2. The molecule has 1 saturated heterocycles. The minimum absolute atomic E-state index is 0.310. The van der Waals surface area contributed by atoms with E-state index in [1.807, 2.05) is 0 Å². The van der Waals surface area contributed by atoms with Crippen LogP contribution < -0.4 is 10.0 Å². The van der Waals surface area contributed by atoms with Crippen LogP contribution in [0, 0.1) is 5.82 Å². The average molecular weight is 351 g/mol. The van der Waals surface area contributed by atoms with Gasteiger partial charge < -0.3 is 5.32 Å². The van der Waals surface area contributed by atoms with E-state index in [1.165, 1.54) is 12.1 Å². The SMILES string of the molecule is O=S(=O)(NCCC1CCCN1)c1ccc(Br)cc1F. The molecule has 0 spiro atoms. The summed E-state index contributed by atoms with van der Waals surface area (Å²) in [6.45, 7) is 1.30. The van der Waals surface area contributed by atoms with Gasteiger partial charge in [-0.2, -0.15) is 0 Å². The molecule has 0 radical (unpaired) electrons. The van der Waals surface area contributed by atoms with Crippen LogP contribution in [-0.2, 0) is 10.0 Å². The Labute approximate surface area is 121 Å². The monoisotopic (exact) mass is 350 g/mol. The predicted molar refractivity (Wildman–Crippen MR) is 74.9 cm³/mol. The second-order valence-corrected chi connectivity index (χ2v) is 7.21. The number of halogens is 2. The van der Waals surface area contributed by atoms with E-state index in [9.17, 15) is 12.8 Å². The van der Waals surface area contributed by atoms with Crippen LogP contribution in [0.1, 0.15) is 19.3 Å². The van der Waals surface area contributed by atoms with Gasteiger partial charge >= 0.3 is 0 Å². The summed E-state index contributed by atoms with van der Waals surface area (Å²) >= 11 is 3.10. The minimum Gasteiger partial charge on any atom is -0.314 e. The molecule has 0 aromatic heterocycles. The van der Waals surface area contributed by atoms with E-state index in [1.54, 1.807) is 0 Å². The molecule has 1 fully saturated rings. The van der Waals surface area contributed by atoms with Gasteiger partial charge in [-0.25, -0.2) is 17.5 Å². The summed E-state index contributed by atoms with van der Waals surface area (Å²) in [6, 6.07) is 4.27. The van der Waals surface area contributed by atoms with Crippen LogP contribution in [0.5, 0.6) is 0 Å². The average Bonchev–Trinajstić information content (AvgIpc) is 2.81. The molecule has 19 heavy (non-hydrogen) atoms. The van der Waals surface area contributed by atoms with Crippen molar-refractivity contribution in [2.45, 2.75) is 30.2 Å². The van der Waals surface area contributed by atoms with Gasteiger partial charge in [0.1, 0.15) is 10.7 Å². The number of nitrogens with one attached hydrogen (secondary N) is 2. The highest BCUT2D eigenvalue weighted by molar-refractivity contribution is 9.10. The minimum atomic E-state index is -3.77. The second kappa shape index (κ2) is 6.30. The first-order chi connectivity index (χ1) is 8.99. The van der Waals surface area contributed by atoms with E-state index in [0.717, 1.165) is 31.9 Å². The standard InChI is InChI=1S/C12H16BrFN2O2S/c13-9-3-4-12(11(14)8-9)19(17,18)16-7-5-10-2-1-6-15-10/h3-4,8,10,15-16H,1-2,5-7H2. The van der Waals surface area contributed by atoms with Gasteiger partial charge in [-0.3, -0.25) is 0 Å². The van der Waals surface area contributed by atoms with Crippen molar-refractivity contribution in [3.8, 4) is 0 Å². The van der Waals surface area contributed by atoms with E-state index in [-0.39, 0.29) is 4.90 Å². The summed E-state index contributed by atoms with van der Waals surface area (Å²) < 4.78 is 40.5. The Balaban J connectivity index is 1.97. The molecule has 2 rings (SSSR count). The van der Waals surface area contributed by atoms with E-state index in [2.05, 4.69) is 26.0 Å². The summed E-state index contributed by atoms with van der Waals surface area (Å²) in [5.41, 5.74) is 0. The van der Waals surface area contributed by atoms with Crippen molar-refractivity contribution in [2.75, 3.05) is 13.1 Å². The molecular formula is C12H16BrFN2O2S. The summed E-state index contributed by atoms with van der Waals surface area (Å²) in [4.78, 5) is -0.310. The van der Waals surface area contributed by atoms with Gasteiger partial charge in [0.2, 0.25) is 10.0 Å². The zero-order valence-electron chi connectivity index (χ0n) is 10.3. The lowest BCUT2D eigenvalue weighted by molar-refractivity contribution is 0.532. The van der Waals surface area contributed by atoms with Crippen molar-refractivity contribution in [2.24, 2.45) is 0 Å². The van der Waals surface area contributed by atoms with E-state index >= 15 is 0 Å². The number of benzene rings is 1. The zero-order valence-corrected chi connectivity index (χ0v) is 12.7. The van der Waals surface area contributed by atoms with Crippen molar-refractivity contribution in [3.63, 3.8) is 0 Å². The molecule has 1 aliphatic rings. The Morgan fingerprint density at radius 3 is 2.89 bits per heavy atom. The van der Waals surface area contributed by atoms with Crippen molar-refractivity contribution >= 4 is 26.0 Å².